The lowest BCUT2D eigenvalue weighted by Crippen LogP contribution is -2.05. The highest BCUT2D eigenvalue weighted by molar-refractivity contribution is 5.31. The van der Waals surface area contributed by atoms with E-state index in [0.717, 1.165) is 11.4 Å². The van der Waals surface area contributed by atoms with Gasteiger partial charge in [-0.15, -0.1) is 0 Å². The van der Waals surface area contributed by atoms with Gasteiger partial charge in [0, 0.05) is 37.4 Å². The van der Waals surface area contributed by atoms with Gasteiger partial charge in [-0.25, -0.2) is 15.0 Å². The molecule has 0 fully saturated rings. The average Bonchev–Trinajstić information content (AvgIpc) is 3.08. The molecule has 0 spiro atoms. The minimum atomic E-state index is 0.521. The Balaban J connectivity index is 1.65. The zero-order valence-corrected chi connectivity index (χ0v) is 11.5. The van der Waals surface area contributed by atoms with Gasteiger partial charge >= 0.3 is 0 Å². The van der Waals surface area contributed by atoms with Crippen molar-refractivity contribution < 1.29 is 4.74 Å². The number of imidazole rings is 1. The van der Waals surface area contributed by atoms with E-state index in [1.54, 1.807) is 31.9 Å². The van der Waals surface area contributed by atoms with Crippen molar-refractivity contribution in [2.24, 2.45) is 0 Å². The number of anilines is 1. The van der Waals surface area contributed by atoms with Gasteiger partial charge in [-0.05, 0) is 11.6 Å². The molecular weight excluding hydrogens is 268 g/mol. The first-order chi connectivity index (χ1) is 10.3. The Bertz CT molecular complexity index is 696. The molecule has 3 rings (SSSR count). The minimum absolute atomic E-state index is 0.521. The Hall–Kier alpha value is -2.96. The standard InChI is InChI=1S/C14H14N6O/c1-21-13-4-5-16-14(19-13)18-9-11-2-3-12(17-8-11)20-7-6-15-10-20/h2-8,10H,9H2,1H3,(H,16,18,19). The van der Waals surface area contributed by atoms with Gasteiger partial charge in [-0.2, -0.15) is 4.98 Å². The molecule has 3 aromatic rings. The molecule has 0 bridgehead atoms. The van der Waals surface area contributed by atoms with Crippen LogP contribution in [0.4, 0.5) is 5.95 Å². The van der Waals surface area contributed by atoms with Crippen molar-refractivity contribution in [3.63, 3.8) is 0 Å². The molecule has 106 valence electrons. The van der Waals surface area contributed by atoms with Gasteiger partial charge in [-0.1, -0.05) is 6.07 Å². The van der Waals surface area contributed by atoms with Crippen molar-refractivity contribution in [3.8, 4) is 11.7 Å². The Morgan fingerprint density at radius 3 is 2.86 bits per heavy atom. The number of ether oxygens (including phenoxy) is 1. The number of pyridine rings is 1. The summed E-state index contributed by atoms with van der Waals surface area (Å²) >= 11 is 0. The topological polar surface area (TPSA) is 77.8 Å². The monoisotopic (exact) mass is 282 g/mol. The van der Waals surface area contributed by atoms with Gasteiger partial charge in [0.25, 0.3) is 0 Å². The molecule has 0 saturated heterocycles. The fourth-order valence-corrected chi connectivity index (χ4v) is 1.79. The van der Waals surface area contributed by atoms with E-state index in [9.17, 15) is 0 Å². The van der Waals surface area contributed by atoms with Crippen molar-refractivity contribution in [3.05, 3.63) is 54.9 Å². The fourth-order valence-electron chi connectivity index (χ4n) is 1.79. The molecule has 0 aliphatic rings. The maximum Gasteiger partial charge on any atom is 0.226 e. The SMILES string of the molecule is COc1ccnc(NCc2ccc(-n3ccnc3)nc2)n1. The maximum atomic E-state index is 5.05. The molecule has 0 saturated carbocycles. The third-order valence-electron chi connectivity index (χ3n) is 2.87. The molecule has 0 aliphatic carbocycles. The quantitative estimate of drug-likeness (QED) is 0.767. The van der Waals surface area contributed by atoms with E-state index in [1.165, 1.54) is 0 Å². The van der Waals surface area contributed by atoms with Crippen LogP contribution in [0.1, 0.15) is 5.56 Å². The average molecular weight is 282 g/mol. The van der Waals surface area contributed by atoms with Crippen molar-refractivity contribution in [2.45, 2.75) is 6.54 Å². The predicted molar refractivity (Wildman–Crippen MR) is 77.3 cm³/mol. The summed E-state index contributed by atoms with van der Waals surface area (Å²) in [4.78, 5) is 16.7. The molecule has 0 atom stereocenters. The lowest BCUT2D eigenvalue weighted by molar-refractivity contribution is 0.397. The predicted octanol–water partition coefficient (Wildman–Crippen LogP) is 1.68. The summed E-state index contributed by atoms with van der Waals surface area (Å²) in [5.41, 5.74) is 1.03. The molecule has 7 heteroatoms. The van der Waals surface area contributed by atoms with E-state index in [1.807, 2.05) is 29.1 Å². The van der Waals surface area contributed by atoms with Crippen LogP contribution in [0.2, 0.25) is 0 Å². The van der Waals surface area contributed by atoms with Gasteiger partial charge in [0.05, 0.1) is 7.11 Å². The van der Waals surface area contributed by atoms with Gasteiger partial charge in [0.1, 0.15) is 12.1 Å². The summed E-state index contributed by atoms with van der Waals surface area (Å²) in [6.45, 7) is 0.588. The summed E-state index contributed by atoms with van der Waals surface area (Å²) in [6, 6.07) is 5.63. The van der Waals surface area contributed by atoms with E-state index in [-0.39, 0.29) is 0 Å². The van der Waals surface area contributed by atoms with Crippen LogP contribution < -0.4 is 10.1 Å². The first kappa shape index (κ1) is 13.0. The van der Waals surface area contributed by atoms with Crippen LogP contribution in [0, 0.1) is 0 Å². The van der Waals surface area contributed by atoms with Gasteiger partial charge in [0.15, 0.2) is 0 Å². The van der Waals surface area contributed by atoms with Crippen molar-refractivity contribution >= 4 is 5.95 Å². The lowest BCUT2D eigenvalue weighted by Gasteiger charge is -2.06. The van der Waals surface area contributed by atoms with Gasteiger partial charge < -0.3 is 10.1 Å². The number of nitrogens with zero attached hydrogens (tertiary/aromatic N) is 5. The number of hydrogen-bond donors (Lipinski definition) is 1. The molecule has 0 unspecified atom stereocenters. The summed E-state index contributed by atoms with van der Waals surface area (Å²) in [5.74, 6) is 1.88. The third kappa shape index (κ3) is 3.14. The first-order valence-electron chi connectivity index (χ1n) is 6.39. The second kappa shape index (κ2) is 6.00. The lowest BCUT2D eigenvalue weighted by atomic mass is 10.3. The second-order valence-corrected chi connectivity index (χ2v) is 4.27. The highest BCUT2D eigenvalue weighted by atomic mass is 16.5. The van der Waals surface area contributed by atoms with E-state index in [0.29, 0.717) is 18.4 Å². The second-order valence-electron chi connectivity index (χ2n) is 4.27. The Morgan fingerprint density at radius 2 is 2.14 bits per heavy atom. The van der Waals surface area contributed by atoms with Crippen LogP contribution in [-0.4, -0.2) is 31.6 Å². The largest absolute Gasteiger partial charge is 0.481 e. The van der Waals surface area contributed by atoms with E-state index >= 15 is 0 Å². The molecule has 0 radical (unpaired) electrons. The van der Waals surface area contributed by atoms with Gasteiger partial charge in [0.2, 0.25) is 11.8 Å². The fraction of sp³-hybridized carbons (Fsp3) is 0.143. The zero-order chi connectivity index (χ0) is 14.5. The van der Waals surface area contributed by atoms with Crippen molar-refractivity contribution in [1.82, 2.24) is 24.5 Å². The highest BCUT2D eigenvalue weighted by Crippen LogP contribution is 2.10. The zero-order valence-electron chi connectivity index (χ0n) is 11.5. The summed E-state index contributed by atoms with van der Waals surface area (Å²) in [6.07, 6.45) is 8.74. The molecule has 0 amide bonds. The van der Waals surface area contributed by atoms with Crippen LogP contribution in [0.25, 0.3) is 5.82 Å². The van der Waals surface area contributed by atoms with Crippen LogP contribution in [-0.2, 0) is 6.54 Å². The van der Waals surface area contributed by atoms with Crippen molar-refractivity contribution in [1.29, 1.82) is 0 Å². The third-order valence-corrected chi connectivity index (χ3v) is 2.87. The van der Waals surface area contributed by atoms with Crippen LogP contribution in [0.3, 0.4) is 0 Å². The number of methoxy groups -OCH3 is 1. The molecule has 0 aromatic carbocycles. The Labute approximate surface area is 121 Å². The number of aromatic nitrogens is 5. The molecule has 3 heterocycles. The number of hydrogen-bond acceptors (Lipinski definition) is 6. The molecule has 3 aromatic heterocycles. The summed E-state index contributed by atoms with van der Waals surface area (Å²) in [5, 5.41) is 3.13. The minimum Gasteiger partial charge on any atom is -0.481 e. The smallest absolute Gasteiger partial charge is 0.226 e. The summed E-state index contributed by atoms with van der Waals surface area (Å²) < 4.78 is 6.90. The molecule has 0 aliphatic heterocycles. The molecule has 7 nitrogen and oxygen atoms in total. The normalized spacial score (nSPS) is 10.3. The molecule has 21 heavy (non-hydrogen) atoms. The van der Waals surface area contributed by atoms with Crippen LogP contribution in [0.5, 0.6) is 5.88 Å². The van der Waals surface area contributed by atoms with Gasteiger partial charge in [-0.3, -0.25) is 4.57 Å². The maximum absolute atomic E-state index is 5.05. The van der Waals surface area contributed by atoms with E-state index < -0.39 is 0 Å². The number of rotatable bonds is 5. The number of nitrogens with one attached hydrogen (secondary N) is 1. The van der Waals surface area contributed by atoms with E-state index in [2.05, 4.69) is 25.3 Å². The van der Waals surface area contributed by atoms with Crippen LogP contribution >= 0.6 is 0 Å². The Kier molecular flexibility index (Phi) is 3.72. The van der Waals surface area contributed by atoms with Crippen LogP contribution in [0.15, 0.2) is 49.3 Å². The first-order valence-corrected chi connectivity index (χ1v) is 6.39. The summed E-state index contributed by atoms with van der Waals surface area (Å²) in [7, 11) is 1.57. The van der Waals surface area contributed by atoms with E-state index in [4.69, 9.17) is 4.74 Å². The Morgan fingerprint density at radius 1 is 1.19 bits per heavy atom. The molecular formula is C14H14N6O. The molecule has 1 N–H and O–H groups in total. The van der Waals surface area contributed by atoms with Crippen molar-refractivity contribution in [2.75, 3.05) is 12.4 Å². The highest BCUT2D eigenvalue weighted by Gasteiger charge is 2.01.